The molecule has 0 spiro atoms. The van der Waals surface area contributed by atoms with E-state index in [0.717, 1.165) is 5.70 Å². The number of carboxylic acid groups (broad SMARTS) is 1. The van der Waals surface area contributed by atoms with Crippen LogP contribution in [0.3, 0.4) is 0 Å². The minimum absolute atomic E-state index is 0.00457. The first-order valence-electron chi connectivity index (χ1n) is 6.15. The third-order valence-electron chi connectivity index (χ3n) is 3.36. The van der Waals surface area contributed by atoms with Crippen LogP contribution in [0.4, 0.5) is 4.79 Å². The van der Waals surface area contributed by atoms with Crippen molar-refractivity contribution in [1.82, 2.24) is 25.0 Å². The van der Waals surface area contributed by atoms with Crippen LogP contribution < -0.4 is 0 Å². The van der Waals surface area contributed by atoms with Gasteiger partial charge in [-0.1, -0.05) is 5.21 Å². The molecule has 0 aromatic carbocycles. The van der Waals surface area contributed by atoms with Crippen molar-refractivity contribution in [1.29, 1.82) is 0 Å². The largest absolute Gasteiger partial charge is 0.481 e. The predicted octanol–water partition coefficient (Wildman–Crippen LogP) is -0.355. The summed E-state index contributed by atoms with van der Waals surface area (Å²) in [6.45, 7) is 0.799. The lowest BCUT2D eigenvalue weighted by atomic mass is 10.2. The van der Waals surface area contributed by atoms with E-state index in [1.165, 1.54) is 9.58 Å². The van der Waals surface area contributed by atoms with Gasteiger partial charge < -0.3 is 10.0 Å². The van der Waals surface area contributed by atoms with Crippen molar-refractivity contribution in [2.75, 3.05) is 13.1 Å². The molecule has 3 rings (SSSR count). The number of aliphatic carboxylic acids is 1. The standard InChI is InChI=1S/C11H13N5O4/c17-10(18)2-1-7-4-15(13-12-7)8-3-9-6-14(5-8)11(19)16(9)20/h3-4,9,20H,1-2,5-6H2,(H,17,18). The van der Waals surface area contributed by atoms with Gasteiger partial charge in [0.2, 0.25) is 0 Å². The molecule has 106 valence electrons. The van der Waals surface area contributed by atoms with Crippen LogP contribution in [0.5, 0.6) is 0 Å². The van der Waals surface area contributed by atoms with Crippen LogP contribution in [0.15, 0.2) is 12.3 Å². The lowest BCUT2D eigenvalue weighted by Gasteiger charge is -2.20. The van der Waals surface area contributed by atoms with Gasteiger partial charge in [0.1, 0.15) is 0 Å². The lowest BCUT2D eigenvalue weighted by Crippen LogP contribution is -2.31. The summed E-state index contributed by atoms with van der Waals surface area (Å²) in [6.07, 6.45) is 3.71. The molecule has 2 bridgehead atoms. The van der Waals surface area contributed by atoms with Crippen molar-refractivity contribution in [2.45, 2.75) is 18.9 Å². The van der Waals surface area contributed by atoms with Crippen LogP contribution in [0.1, 0.15) is 12.1 Å². The lowest BCUT2D eigenvalue weighted by molar-refractivity contribution is -0.136. The van der Waals surface area contributed by atoms with Crippen LogP contribution in [0.25, 0.3) is 5.70 Å². The molecule has 0 aliphatic carbocycles. The van der Waals surface area contributed by atoms with Crippen molar-refractivity contribution < 1.29 is 19.9 Å². The van der Waals surface area contributed by atoms with E-state index in [2.05, 4.69) is 10.3 Å². The molecular weight excluding hydrogens is 266 g/mol. The molecule has 1 atom stereocenters. The van der Waals surface area contributed by atoms with E-state index in [0.29, 0.717) is 30.3 Å². The summed E-state index contributed by atoms with van der Waals surface area (Å²) in [7, 11) is 0. The maximum absolute atomic E-state index is 11.6. The van der Waals surface area contributed by atoms with Gasteiger partial charge in [-0.05, 0) is 6.08 Å². The third kappa shape index (κ3) is 2.11. The molecule has 2 N–H and O–H groups in total. The topological polar surface area (TPSA) is 112 Å². The maximum atomic E-state index is 11.6. The number of aromatic nitrogens is 3. The van der Waals surface area contributed by atoms with Crippen LogP contribution in [0.2, 0.25) is 0 Å². The zero-order chi connectivity index (χ0) is 14.3. The van der Waals surface area contributed by atoms with Gasteiger partial charge in [-0.3, -0.25) is 10.0 Å². The number of fused-ring (bicyclic) bond motifs is 2. The zero-order valence-corrected chi connectivity index (χ0v) is 10.5. The molecule has 9 nitrogen and oxygen atoms in total. The summed E-state index contributed by atoms with van der Waals surface area (Å²) < 4.78 is 1.52. The maximum Gasteiger partial charge on any atom is 0.344 e. The molecule has 20 heavy (non-hydrogen) atoms. The molecule has 1 aromatic heterocycles. The summed E-state index contributed by atoms with van der Waals surface area (Å²) in [4.78, 5) is 23.6. The van der Waals surface area contributed by atoms with Gasteiger partial charge in [0.15, 0.2) is 0 Å². The summed E-state index contributed by atoms with van der Waals surface area (Å²) in [5.41, 5.74) is 1.31. The number of hydroxylamine groups is 2. The van der Waals surface area contributed by atoms with Crippen LogP contribution >= 0.6 is 0 Å². The van der Waals surface area contributed by atoms with Gasteiger partial charge >= 0.3 is 12.0 Å². The molecule has 0 saturated carbocycles. The number of carboxylic acids is 1. The second-order valence-corrected chi connectivity index (χ2v) is 4.78. The van der Waals surface area contributed by atoms with Crippen molar-refractivity contribution in [2.24, 2.45) is 0 Å². The number of urea groups is 1. The van der Waals surface area contributed by atoms with Crippen molar-refractivity contribution in [3.63, 3.8) is 0 Å². The fraction of sp³-hybridized carbons (Fsp3) is 0.455. The molecule has 0 radical (unpaired) electrons. The van der Waals surface area contributed by atoms with Crippen molar-refractivity contribution >= 4 is 17.7 Å². The minimum Gasteiger partial charge on any atom is -0.481 e. The Bertz CT molecular complexity index is 595. The quantitative estimate of drug-likeness (QED) is 0.728. The van der Waals surface area contributed by atoms with Crippen LogP contribution in [0, 0.1) is 0 Å². The Morgan fingerprint density at radius 1 is 1.50 bits per heavy atom. The normalized spacial score (nSPS) is 21.4. The number of carbonyl (C=O) groups excluding carboxylic acids is 1. The highest BCUT2D eigenvalue weighted by Crippen LogP contribution is 2.24. The number of hydrogen-bond acceptors (Lipinski definition) is 5. The fourth-order valence-electron chi connectivity index (χ4n) is 2.33. The van der Waals surface area contributed by atoms with Crippen LogP contribution in [-0.2, 0) is 11.2 Å². The molecule has 1 aromatic rings. The van der Waals surface area contributed by atoms with Gasteiger partial charge in [-0.25, -0.2) is 9.48 Å². The minimum atomic E-state index is -0.887. The summed E-state index contributed by atoms with van der Waals surface area (Å²) in [5.74, 6) is -0.887. The summed E-state index contributed by atoms with van der Waals surface area (Å²) >= 11 is 0. The number of nitrogens with zero attached hydrogens (tertiary/aromatic N) is 5. The van der Waals surface area contributed by atoms with E-state index in [1.54, 1.807) is 12.3 Å². The molecule has 3 heterocycles. The van der Waals surface area contributed by atoms with Crippen LogP contribution in [-0.4, -0.2) is 66.4 Å². The second kappa shape index (κ2) is 4.60. The predicted molar refractivity (Wildman–Crippen MR) is 64.6 cm³/mol. The van der Waals surface area contributed by atoms with Gasteiger partial charge in [-0.15, -0.1) is 5.10 Å². The van der Waals surface area contributed by atoms with E-state index >= 15 is 0 Å². The Morgan fingerprint density at radius 3 is 3.00 bits per heavy atom. The summed E-state index contributed by atoms with van der Waals surface area (Å²) in [6, 6.07) is -0.801. The summed E-state index contributed by atoms with van der Waals surface area (Å²) in [5, 5.41) is 26.7. The monoisotopic (exact) mass is 279 g/mol. The van der Waals surface area contributed by atoms with Gasteiger partial charge in [0.25, 0.3) is 0 Å². The highest BCUT2D eigenvalue weighted by molar-refractivity contribution is 5.79. The Balaban J connectivity index is 1.76. The highest BCUT2D eigenvalue weighted by Gasteiger charge is 2.39. The first kappa shape index (κ1) is 12.6. The van der Waals surface area contributed by atoms with Crippen molar-refractivity contribution in [3.8, 4) is 0 Å². The number of hydrogen-bond donors (Lipinski definition) is 2. The number of rotatable bonds is 4. The highest BCUT2D eigenvalue weighted by atomic mass is 16.5. The average Bonchev–Trinajstić information content (AvgIpc) is 2.98. The fourth-order valence-corrected chi connectivity index (χ4v) is 2.33. The van der Waals surface area contributed by atoms with E-state index in [4.69, 9.17) is 5.11 Å². The van der Waals surface area contributed by atoms with Gasteiger partial charge in [-0.2, -0.15) is 5.06 Å². The zero-order valence-electron chi connectivity index (χ0n) is 10.5. The molecular formula is C11H13N5O4. The van der Waals surface area contributed by atoms with Crippen molar-refractivity contribution in [3.05, 3.63) is 18.0 Å². The second-order valence-electron chi connectivity index (χ2n) is 4.78. The molecule has 1 saturated heterocycles. The smallest absolute Gasteiger partial charge is 0.344 e. The number of amides is 2. The molecule has 2 aliphatic rings. The number of carbonyl (C=O) groups is 2. The first-order valence-corrected chi connectivity index (χ1v) is 6.15. The Morgan fingerprint density at radius 2 is 2.30 bits per heavy atom. The molecule has 1 fully saturated rings. The molecule has 9 heteroatoms. The van der Waals surface area contributed by atoms with E-state index in [1.807, 2.05) is 0 Å². The average molecular weight is 279 g/mol. The van der Waals surface area contributed by atoms with E-state index < -0.39 is 12.0 Å². The molecule has 2 aliphatic heterocycles. The van der Waals surface area contributed by atoms with E-state index in [-0.39, 0.29) is 12.5 Å². The van der Waals surface area contributed by atoms with Gasteiger partial charge in [0.05, 0.1) is 36.6 Å². The SMILES string of the molecule is O=C(O)CCc1cn(C2=CC3CN(C2)C(=O)N3O)nn1. The number of aryl methyl sites for hydroxylation is 1. The van der Waals surface area contributed by atoms with E-state index in [9.17, 15) is 14.8 Å². The molecule has 2 amide bonds. The first-order chi connectivity index (χ1) is 9.54. The molecule has 1 unspecified atom stereocenters. The van der Waals surface area contributed by atoms with Gasteiger partial charge in [0, 0.05) is 13.0 Å². The third-order valence-corrected chi connectivity index (χ3v) is 3.36. The Labute approximate surface area is 113 Å². The Hall–Kier alpha value is -2.42. The Kier molecular flexibility index (Phi) is 2.90.